The summed E-state index contributed by atoms with van der Waals surface area (Å²) in [5.41, 5.74) is 2.66. The number of rotatable bonds is 3. The maximum Gasteiger partial charge on any atom is 0.0928 e. The van der Waals surface area contributed by atoms with Crippen LogP contribution in [0.15, 0.2) is 48.7 Å². The summed E-state index contributed by atoms with van der Waals surface area (Å²) in [5, 5.41) is 11.4. The molecule has 110 valence electrons. The first-order valence-electron chi connectivity index (χ1n) is 7.88. The molecule has 0 spiro atoms. The molecule has 2 aromatic rings. The van der Waals surface area contributed by atoms with Crippen LogP contribution in [-0.2, 0) is 12.0 Å². The standard InChI is InChI=1S/C19H23NO/c1-15-7-6-9-16(13-15)19(21)11-4-2-8-17(19)14-18-10-3-5-12-20-18/h3,5-7,9-10,12-13,17,21H,2,4,8,11,14H2,1H3/t17-,19+/m1/s1. The summed E-state index contributed by atoms with van der Waals surface area (Å²) in [6, 6.07) is 14.4. The van der Waals surface area contributed by atoms with Crippen LogP contribution in [0.5, 0.6) is 0 Å². The molecular formula is C19H23NO. The molecule has 0 amide bonds. The SMILES string of the molecule is Cc1cccc([C@@]2(O)CCCC[C@@H]2Cc2ccccn2)c1. The molecule has 0 unspecified atom stereocenters. The molecule has 0 radical (unpaired) electrons. The third kappa shape index (κ3) is 3.01. The van der Waals surface area contributed by atoms with Gasteiger partial charge in [-0.15, -0.1) is 0 Å². The molecule has 2 heteroatoms. The summed E-state index contributed by atoms with van der Waals surface area (Å²) in [6.07, 6.45) is 6.92. The highest BCUT2D eigenvalue weighted by Crippen LogP contribution is 2.43. The molecule has 3 rings (SSSR count). The minimum atomic E-state index is -0.707. The van der Waals surface area contributed by atoms with Gasteiger partial charge in [0.2, 0.25) is 0 Å². The van der Waals surface area contributed by atoms with E-state index in [1.165, 1.54) is 12.0 Å². The van der Waals surface area contributed by atoms with Crippen molar-refractivity contribution in [2.24, 2.45) is 5.92 Å². The lowest BCUT2D eigenvalue weighted by Crippen LogP contribution is -2.39. The van der Waals surface area contributed by atoms with Gasteiger partial charge in [-0.25, -0.2) is 0 Å². The number of aromatic nitrogens is 1. The zero-order chi connectivity index (χ0) is 14.7. The van der Waals surface area contributed by atoms with E-state index in [-0.39, 0.29) is 5.92 Å². The predicted molar refractivity (Wildman–Crippen MR) is 85.0 cm³/mol. The quantitative estimate of drug-likeness (QED) is 0.922. The van der Waals surface area contributed by atoms with Crippen molar-refractivity contribution in [3.05, 3.63) is 65.5 Å². The summed E-state index contributed by atoms with van der Waals surface area (Å²) in [6.45, 7) is 2.09. The van der Waals surface area contributed by atoms with Crippen molar-refractivity contribution >= 4 is 0 Å². The Balaban J connectivity index is 1.90. The molecule has 1 aliphatic carbocycles. The first-order chi connectivity index (χ1) is 10.2. The average Bonchev–Trinajstić information content (AvgIpc) is 2.51. The van der Waals surface area contributed by atoms with Crippen LogP contribution < -0.4 is 0 Å². The van der Waals surface area contributed by atoms with Crippen LogP contribution in [0.1, 0.15) is 42.5 Å². The first kappa shape index (κ1) is 14.3. The Morgan fingerprint density at radius 2 is 2.10 bits per heavy atom. The summed E-state index contributed by atoms with van der Waals surface area (Å²) in [7, 11) is 0. The Morgan fingerprint density at radius 3 is 2.86 bits per heavy atom. The largest absolute Gasteiger partial charge is 0.385 e. The van der Waals surface area contributed by atoms with E-state index in [0.717, 1.165) is 36.9 Å². The van der Waals surface area contributed by atoms with Gasteiger partial charge in [-0.2, -0.15) is 0 Å². The molecule has 1 fully saturated rings. The van der Waals surface area contributed by atoms with E-state index in [9.17, 15) is 5.11 Å². The highest BCUT2D eigenvalue weighted by molar-refractivity contribution is 5.29. The number of hydrogen-bond acceptors (Lipinski definition) is 2. The van der Waals surface area contributed by atoms with Gasteiger partial charge < -0.3 is 5.11 Å². The van der Waals surface area contributed by atoms with Crippen LogP contribution >= 0.6 is 0 Å². The van der Waals surface area contributed by atoms with Gasteiger partial charge in [0.05, 0.1) is 5.60 Å². The third-order valence-corrected chi connectivity index (χ3v) is 4.74. The number of hydrogen-bond donors (Lipinski definition) is 1. The van der Waals surface area contributed by atoms with Gasteiger partial charge in [0.25, 0.3) is 0 Å². The maximum atomic E-state index is 11.4. The van der Waals surface area contributed by atoms with E-state index in [1.807, 2.05) is 18.3 Å². The van der Waals surface area contributed by atoms with Crippen molar-refractivity contribution in [1.29, 1.82) is 0 Å². The second-order valence-electron chi connectivity index (χ2n) is 6.26. The normalized spacial score (nSPS) is 25.7. The highest BCUT2D eigenvalue weighted by Gasteiger charge is 2.40. The maximum absolute atomic E-state index is 11.4. The van der Waals surface area contributed by atoms with Crippen molar-refractivity contribution in [2.45, 2.75) is 44.6 Å². The smallest absolute Gasteiger partial charge is 0.0928 e. The third-order valence-electron chi connectivity index (χ3n) is 4.74. The second-order valence-corrected chi connectivity index (χ2v) is 6.26. The van der Waals surface area contributed by atoms with Crippen LogP contribution in [0.4, 0.5) is 0 Å². The molecule has 1 heterocycles. The van der Waals surface area contributed by atoms with Gasteiger partial charge in [0, 0.05) is 11.9 Å². The average molecular weight is 281 g/mol. The van der Waals surface area contributed by atoms with Crippen molar-refractivity contribution in [1.82, 2.24) is 4.98 Å². The molecule has 2 atom stereocenters. The fraction of sp³-hybridized carbons (Fsp3) is 0.421. The summed E-state index contributed by atoms with van der Waals surface area (Å²) in [5.74, 6) is 0.253. The number of aliphatic hydroxyl groups is 1. The summed E-state index contributed by atoms with van der Waals surface area (Å²) in [4.78, 5) is 4.44. The molecular weight excluding hydrogens is 258 g/mol. The number of aryl methyl sites for hydroxylation is 1. The molecule has 0 saturated heterocycles. The van der Waals surface area contributed by atoms with Gasteiger partial charge in [-0.1, -0.05) is 48.7 Å². The minimum absolute atomic E-state index is 0.253. The molecule has 1 aromatic carbocycles. The molecule has 1 aliphatic rings. The summed E-state index contributed by atoms with van der Waals surface area (Å²) >= 11 is 0. The lowest BCUT2D eigenvalue weighted by molar-refractivity contribution is -0.0546. The van der Waals surface area contributed by atoms with Crippen molar-refractivity contribution in [2.75, 3.05) is 0 Å². The number of benzene rings is 1. The van der Waals surface area contributed by atoms with E-state index in [1.54, 1.807) is 0 Å². The van der Waals surface area contributed by atoms with Crippen molar-refractivity contribution in [3.8, 4) is 0 Å². The summed E-state index contributed by atoms with van der Waals surface area (Å²) < 4.78 is 0. The van der Waals surface area contributed by atoms with Crippen LogP contribution in [0, 0.1) is 12.8 Å². The Morgan fingerprint density at radius 1 is 1.19 bits per heavy atom. The van der Waals surface area contributed by atoms with Gasteiger partial charge in [-0.05, 0) is 49.8 Å². The molecule has 1 N–H and O–H groups in total. The van der Waals surface area contributed by atoms with Gasteiger partial charge >= 0.3 is 0 Å². The Hall–Kier alpha value is -1.67. The zero-order valence-corrected chi connectivity index (χ0v) is 12.6. The monoisotopic (exact) mass is 281 g/mol. The van der Waals surface area contributed by atoms with Crippen molar-refractivity contribution < 1.29 is 5.11 Å². The fourth-order valence-electron chi connectivity index (χ4n) is 3.56. The van der Waals surface area contributed by atoms with E-state index >= 15 is 0 Å². The highest BCUT2D eigenvalue weighted by atomic mass is 16.3. The Kier molecular flexibility index (Phi) is 4.07. The Labute approximate surface area is 126 Å². The molecule has 2 nitrogen and oxygen atoms in total. The zero-order valence-electron chi connectivity index (χ0n) is 12.6. The minimum Gasteiger partial charge on any atom is -0.385 e. The predicted octanol–water partition coefficient (Wildman–Crippen LogP) is 4.01. The molecule has 1 aromatic heterocycles. The van der Waals surface area contributed by atoms with Crippen LogP contribution in [0.25, 0.3) is 0 Å². The molecule has 1 saturated carbocycles. The van der Waals surface area contributed by atoms with E-state index in [2.05, 4.69) is 42.2 Å². The topological polar surface area (TPSA) is 33.1 Å². The fourth-order valence-corrected chi connectivity index (χ4v) is 3.56. The van der Waals surface area contributed by atoms with Gasteiger partial charge in [0.15, 0.2) is 0 Å². The van der Waals surface area contributed by atoms with Crippen molar-refractivity contribution in [3.63, 3.8) is 0 Å². The van der Waals surface area contributed by atoms with Crippen LogP contribution in [0.3, 0.4) is 0 Å². The molecule has 0 aliphatic heterocycles. The molecule has 21 heavy (non-hydrogen) atoms. The van der Waals surface area contributed by atoms with Gasteiger partial charge in [0.1, 0.15) is 0 Å². The second kappa shape index (κ2) is 5.98. The van der Waals surface area contributed by atoms with Crippen LogP contribution in [0.2, 0.25) is 0 Å². The molecule has 0 bridgehead atoms. The number of pyridine rings is 1. The van der Waals surface area contributed by atoms with Crippen LogP contribution in [-0.4, -0.2) is 10.1 Å². The lowest BCUT2D eigenvalue weighted by atomic mass is 9.69. The lowest BCUT2D eigenvalue weighted by Gasteiger charge is -2.40. The first-order valence-corrected chi connectivity index (χ1v) is 7.88. The van der Waals surface area contributed by atoms with E-state index in [0.29, 0.717) is 0 Å². The Bertz CT molecular complexity index is 596. The number of nitrogens with zero attached hydrogens (tertiary/aromatic N) is 1. The van der Waals surface area contributed by atoms with E-state index in [4.69, 9.17) is 0 Å². The van der Waals surface area contributed by atoms with E-state index < -0.39 is 5.60 Å². The van der Waals surface area contributed by atoms with Gasteiger partial charge in [-0.3, -0.25) is 4.98 Å².